The predicted molar refractivity (Wildman–Crippen MR) is 115 cm³/mol. The molecular formula is C16H14Cl7O2S+. The van der Waals surface area contributed by atoms with Crippen molar-refractivity contribution >= 4 is 98.5 Å². The highest BCUT2D eigenvalue weighted by molar-refractivity contribution is 7.07. The Labute approximate surface area is 192 Å². The van der Waals surface area contributed by atoms with Crippen molar-refractivity contribution < 1.29 is 11.3 Å². The number of fused-ring (bicyclic) bond motifs is 5. The van der Waals surface area contributed by atoms with Crippen molar-refractivity contribution in [3.63, 3.8) is 0 Å². The summed E-state index contributed by atoms with van der Waals surface area (Å²) in [5, 5.41) is 11.6. The largest absolute Gasteiger partial charge is 1.00 e. The van der Waals surface area contributed by atoms with Crippen molar-refractivity contribution in [2.24, 2.45) is 11.8 Å². The van der Waals surface area contributed by atoms with Crippen molar-refractivity contribution in [2.75, 3.05) is 0 Å². The second kappa shape index (κ2) is 8.20. The van der Waals surface area contributed by atoms with Gasteiger partial charge in [-0.25, -0.2) is 0 Å². The average molecular weight is 519 g/mol. The summed E-state index contributed by atoms with van der Waals surface area (Å²) in [4.78, 5) is 6.55. The number of alkyl halides is 5. The summed E-state index contributed by atoms with van der Waals surface area (Å²) in [5.74, 6) is -1.30. The Bertz CT molecular complexity index is 718. The minimum Gasteiger partial charge on any atom is -0.481 e. The molecule has 1 heterocycles. The summed E-state index contributed by atoms with van der Waals surface area (Å²) in [7, 11) is 0. The normalized spacial score (nSPS) is 38.2. The molecule has 26 heavy (non-hydrogen) atoms. The molecule has 3 aliphatic rings. The lowest BCUT2D eigenvalue weighted by Gasteiger charge is -2.34. The SMILES string of the molecule is CC(=O)O.ClC1=C(Cl)C2(Cl)C3C(Cl)C=CC3C1(Cl)C2(Cl)Cl.[H+].c1ccsc1. The van der Waals surface area contributed by atoms with Crippen LogP contribution in [-0.2, 0) is 4.79 Å². The maximum atomic E-state index is 9.00. The summed E-state index contributed by atoms with van der Waals surface area (Å²) >= 11 is 46.2. The molecule has 0 saturated heterocycles. The summed E-state index contributed by atoms with van der Waals surface area (Å²) in [6.07, 6.45) is 3.69. The van der Waals surface area contributed by atoms with Crippen LogP contribution in [0.3, 0.4) is 0 Å². The first-order valence-corrected chi connectivity index (χ1v) is 10.9. The molecule has 144 valence electrons. The van der Waals surface area contributed by atoms with Gasteiger partial charge in [-0.3, -0.25) is 4.79 Å². The fourth-order valence-corrected chi connectivity index (χ4v) is 7.28. The molecule has 1 N–H and O–H groups in total. The van der Waals surface area contributed by atoms with E-state index in [1.54, 1.807) is 11.3 Å². The molecule has 0 aliphatic heterocycles. The van der Waals surface area contributed by atoms with Crippen molar-refractivity contribution in [1.29, 1.82) is 0 Å². The van der Waals surface area contributed by atoms with Gasteiger partial charge in [-0.2, -0.15) is 11.3 Å². The van der Waals surface area contributed by atoms with Gasteiger partial charge in [-0.1, -0.05) is 70.7 Å². The quantitative estimate of drug-likeness (QED) is 0.292. The molecule has 5 atom stereocenters. The van der Waals surface area contributed by atoms with Gasteiger partial charge < -0.3 is 5.11 Å². The van der Waals surface area contributed by atoms with Crippen LogP contribution in [0.15, 0.2) is 45.1 Å². The van der Waals surface area contributed by atoms with E-state index in [-0.39, 0.29) is 28.7 Å². The zero-order valence-electron chi connectivity index (χ0n) is 14.1. The van der Waals surface area contributed by atoms with E-state index in [4.69, 9.17) is 91.1 Å². The minimum absolute atomic E-state index is 0. The van der Waals surface area contributed by atoms with Crippen molar-refractivity contribution in [2.45, 2.75) is 26.4 Å². The number of allylic oxidation sites excluding steroid dienone is 4. The lowest BCUT2D eigenvalue weighted by Crippen LogP contribution is -2.45. The van der Waals surface area contributed by atoms with E-state index in [9.17, 15) is 0 Å². The topological polar surface area (TPSA) is 37.3 Å². The Morgan fingerprint density at radius 2 is 1.54 bits per heavy atom. The minimum atomic E-state index is -1.48. The smallest absolute Gasteiger partial charge is 0.481 e. The van der Waals surface area contributed by atoms with Crippen molar-refractivity contribution in [1.82, 2.24) is 0 Å². The molecule has 1 aromatic rings. The molecule has 1 aromatic heterocycles. The van der Waals surface area contributed by atoms with Gasteiger partial charge in [0.1, 0.15) is 9.75 Å². The van der Waals surface area contributed by atoms with E-state index >= 15 is 0 Å². The van der Waals surface area contributed by atoms with E-state index in [0.717, 1.165) is 6.92 Å². The highest BCUT2D eigenvalue weighted by Gasteiger charge is 2.83. The summed E-state index contributed by atoms with van der Waals surface area (Å²) < 4.78 is -1.48. The molecule has 2 nitrogen and oxygen atoms in total. The maximum Gasteiger partial charge on any atom is 1.00 e. The van der Waals surface area contributed by atoms with E-state index in [0.29, 0.717) is 0 Å². The molecule has 0 radical (unpaired) electrons. The fraction of sp³-hybridized carbons (Fsp3) is 0.438. The van der Waals surface area contributed by atoms with E-state index in [1.807, 2.05) is 35.0 Å². The lowest BCUT2D eigenvalue weighted by molar-refractivity contribution is -0.134. The molecule has 2 bridgehead atoms. The number of hydrogen-bond donors (Lipinski definition) is 1. The van der Waals surface area contributed by atoms with Gasteiger partial charge in [-0.05, 0) is 10.8 Å². The molecule has 4 rings (SSSR count). The predicted octanol–water partition coefficient (Wildman–Crippen LogP) is 7.19. The van der Waals surface area contributed by atoms with Crippen LogP contribution in [-0.4, -0.2) is 30.5 Å². The number of hydrogen-bond acceptors (Lipinski definition) is 2. The molecule has 0 spiro atoms. The molecule has 5 unspecified atom stereocenters. The number of halogens is 7. The van der Waals surface area contributed by atoms with E-state index in [2.05, 4.69) is 0 Å². The number of rotatable bonds is 0. The lowest BCUT2D eigenvalue weighted by atomic mass is 9.84. The van der Waals surface area contributed by atoms with Gasteiger partial charge in [0.15, 0.2) is 4.33 Å². The molecule has 0 aromatic carbocycles. The number of carbonyl (C=O) groups is 1. The first-order valence-electron chi connectivity index (χ1n) is 7.25. The molecule has 3 aliphatic carbocycles. The number of aliphatic carboxylic acids is 1. The van der Waals surface area contributed by atoms with Crippen LogP contribution in [0.25, 0.3) is 0 Å². The third-order valence-electron chi connectivity index (χ3n) is 4.32. The standard InChI is InChI=1S/C10H5Cl7.C4H4S.C2H4O2/c11-4-2-1-3-5(4)9(15)7(13)6(12)8(3,14)10(9,16)17;1-2-4-5-3-1;1-2(3)4/h1-5H;1-4H;1H3,(H,3,4)/p+1. The Morgan fingerprint density at radius 3 is 1.96 bits per heavy atom. The number of thiophene rings is 1. The fourth-order valence-electron chi connectivity index (χ4n) is 3.31. The van der Waals surface area contributed by atoms with Crippen LogP contribution in [0.5, 0.6) is 0 Å². The number of carboxylic acids is 1. The molecular weight excluding hydrogens is 504 g/mol. The summed E-state index contributed by atoms with van der Waals surface area (Å²) in [6.45, 7) is 1.08. The molecule has 10 heteroatoms. The zero-order valence-corrected chi connectivity index (χ0v) is 19.2. The monoisotopic (exact) mass is 515 g/mol. The maximum absolute atomic E-state index is 9.00. The molecule has 1 fully saturated rings. The van der Waals surface area contributed by atoms with Crippen molar-refractivity contribution in [3.05, 3.63) is 45.1 Å². The average Bonchev–Trinajstić information content (AvgIpc) is 3.26. The van der Waals surface area contributed by atoms with Gasteiger partial charge in [0.05, 0.1) is 15.4 Å². The second-order valence-corrected chi connectivity index (χ2v) is 10.4. The van der Waals surface area contributed by atoms with E-state index < -0.39 is 20.1 Å². The van der Waals surface area contributed by atoms with Gasteiger partial charge in [-0.15, -0.1) is 34.8 Å². The Morgan fingerprint density at radius 1 is 1.08 bits per heavy atom. The molecule has 1 saturated carbocycles. The van der Waals surface area contributed by atoms with Gasteiger partial charge in [0.2, 0.25) is 0 Å². The van der Waals surface area contributed by atoms with Gasteiger partial charge in [0.25, 0.3) is 5.97 Å². The Balaban J connectivity index is 0.000000305. The first kappa shape index (κ1) is 23.0. The van der Waals surface area contributed by atoms with Crippen molar-refractivity contribution in [3.8, 4) is 0 Å². The Kier molecular flexibility index (Phi) is 7.24. The number of carboxylic acid groups (broad SMARTS) is 1. The zero-order chi connectivity index (χ0) is 19.9. The second-order valence-electron chi connectivity index (χ2n) is 5.82. The van der Waals surface area contributed by atoms with Crippen LogP contribution in [0.2, 0.25) is 0 Å². The van der Waals surface area contributed by atoms with Gasteiger partial charge >= 0.3 is 1.43 Å². The van der Waals surface area contributed by atoms with Crippen LogP contribution >= 0.6 is 92.5 Å². The van der Waals surface area contributed by atoms with Crippen LogP contribution in [0.4, 0.5) is 0 Å². The van der Waals surface area contributed by atoms with Gasteiger partial charge in [0, 0.05) is 18.8 Å². The highest BCUT2D eigenvalue weighted by atomic mass is 35.5. The highest BCUT2D eigenvalue weighted by Crippen LogP contribution is 2.78. The summed E-state index contributed by atoms with van der Waals surface area (Å²) in [6, 6.07) is 4.04. The van der Waals surface area contributed by atoms with Crippen LogP contribution in [0.1, 0.15) is 8.35 Å². The third-order valence-corrected chi connectivity index (χ3v) is 9.66. The molecule has 0 amide bonds. The summed E-state index contributed by atoms with van der Waals surface area (Å²) in [5.41, 5.74) is 0. The third kappa shape index (κ3) is 3.31. The van der Waals surface area contributed by atoms with Crippen LogP contribution in [0, 0.1) is 11.8 Å². The van der Waals surface area contributed by atoms with E-state index in [1.165, 1.54) is 0 Å². The first-order chi connectivity index (χ1) is 11.9. The Hall–Kier alpha value is 0.680. The van der Waals surface area contributed by atoms with Crippen LogP contribution < -0.4 is 0 Å².